The van der Waals surface area contributed by atoms with Crippen LogP contribution in [-0.4, -0.2) is 21.4 Å². The van der Waals surface area contributed by atoms with Crippen molar-refractivity contribution in [1.29, 1.82) is 0 Å². The third-order valence-electron chi connectivity index (χ3n) is 3.33. The highest BCUT2D eigenvalue weighted by Crippen LogP contribution is 2.25. The van der Waals surface area contributed by atoms with E-state index in [1.807, 2.05) is 43.3 Å². The van der Waals surface area contributed by atoms with E-state index in [9.17, 15) is 4.79 Å². The van der Waals surface area contributed by atoms with E-state index in [1.165, 1.54) is 23.1 Å². The Morgan fingerprint density at radius 3 is 2.84 bits per heavy atom. The van der Waals surface area contributed by atoms with Crippen LogP contribution in [0.4, 0.5) is 5.69 Å². The van der Waals surface area contributed by atoms with Crippen molar-refractivity contribution in [3.8, 4) is 5.69 Å². The second-order valence-corrected chi connectivity index (χ2v) is 8.46. The van der Waals surface area contributed by atoms with Crippen molar-refractivity contribution in [2.45, 2.75) is 11.3 Å². The molecular weight excluding hydrogens is 394 g/mol. The number of para-hydroxylation sites is 1. The van der Waals surface area contributed by atoms with Crippen molar-refractivity contribution in [2.75, 3.05) is 11.1 Å². The number of hydrogen-bond donors (Lipinski definition) is 1. The molecule has 3 rings (SSSR count). The predicted octanol–water partition coefficient (Wildman–Crippen LogP) is 5.36. The summed E-state index contributed by atoms with van der Waals surface area (Å²) < 4.78 is 3.12. The van der Waals surface area contributed by atoms with Gasteiger partial charge in [-0.15, -0.1) is 5.10 Å². The smallest absolute Gasteiger partial charge is 0.234 e. The number of carbonyl (C=O) groups excluding carboxylic acids is 1. The van der Waals surface area contributed by atoms with Crippen LogP contribution >= 0.6 is 46.9 Å². The van der Waals surface area contributed by atoms with Gasteiger partial charge in [0.25, 0.3) is 0 Å². The number of amides is 1. The number of aryl methyl sites for hydroxylation is 1. The molecule has 0 unspecified atom stereocenters. The normalized spacial score (nSPS) is 10.6. The molecule has 0 aliphatic carbocycles. The Bertz CT molecular complexity index is 953. The number of carbonyl (C=O) groups is 1. The van der Waals surface area contributed by atoms with Gasteiger partial charge in [0.05, 0.1) is 11.4 Å². The summed E-state index contributed by atoms with van der Waals surface area (Å²) in [6.07, 6.45) is 0. The van der Waals surface area contributed by atoms with Crippen LogP contribution < -0.4 is 5.32 Å². The molecule has 25 heavy (non-hydrogen) atoms. The number of thioether (sulfide) groups is 1. The van der Waals surface area contributed by atoms with Crippen molar-refractivity contribution >= 4 is 58.5 Å². The molecule has 0 spiro atoms. The second-order valence-electron chi connectivity index (χ2n) is 5.18. The lowest BCUT2D eigenvalue weighted by molar-refractivity contribution is -0.113. The zero-order valence-corrected chi connectivity index (χ0v) is 16.4. The lowest BCUT2D eigenvalue weighted by Gasteiger charge is -2.08. The zero-order valence-electron chi connectivity index (χ0n) is 13.2. The van der Waals surface area contributed by atoms with Crippen LogP contribution in [0.2, 0.25) is 5.02 Å². The van der Waals surface area contributed by atoms with Gasteiger partial charge in [0.15, 0.2) is 8.29 Å². The summed E-state index contributed by atoms with van der Waals surface area (Å²) in [6, 6.07) is 15.1. The van der Waals surface area contributed by atoms with Crippen molar-refractivity contribution in [2.24, 2.45) is 0 Å². The first-order chi connectivity index (χ1) is 12.0. The highest BCUT2D eigenvalue weighted by Gasteiger charge is 2.10. The number of nitrogens with one attached hydrogen (secondary N) is 1. The molecule has 0 atom stereocenters. The van der Waals surface area contributed by atoms with E-state index in [0.29, 0.717) is 8.98 Å². The van der Waals surface area contributed by atoms with E-state index >= 15 is 0 Å². The number of halogens is 1. The van der Waals surface area contributed by atoms with Gasteiger partial charge in [-0.1, -0.05) is 59.0 Å². The SMILES string of the molecule is Cc1ccc(Cl)cc1NC(=O)CSc1nn(-c2ccccc2)c(=S)s1. The number of nitrogens with zero attached hydrogens (tertiary/aromatic N) is 2. The first-order valence-electron chi connectivity index (χ1n) is 7.37. The van der Waals surface area contributed by atoms with E-state index in [0.717, 1.165) is 21.3 Å². The number of anilines is 1. The van der Waals surface area contributed by atoms with Gasteiger partial charge >= 0.3 is 0 Å². The Kier molecular flexibility index (Phi) is 5.90. The highest BCUT2D eigenvalue weighted by molar-refractivity contribution is 8.01. The van der Waals surface area contributed by atoms with Crippen LogP contribution in [0.3, 0.4) is 0 Å². The minimum Gasteiger partial charge on any atom is -0.325 e. The Labute approximate surface area is 163 Å². The van der Waals surface area contributed by atoms with Crippen LogP contribution in [0, 0.1) is 10.9 Å². The first-order valence-corrected chi connectivity index (χ1v) is 9.96. The second kappa shape index (κ2) is 8.14. The maximum Gasteiger partial charge on any atom is 0.234 e. The maximum atomic E-state index is 12.2. The van der Waals surface area contributed by atoms with Crippen molar-refractivity contribution in [1.82, 2.24) is 9.78 Å². The minimum absolute atomic E-state index is 0.109. The largest absolute Gasteiger partial charge is 0.325 e. The van der Waals surface area contributed by atoms with Crippen molar-refractivity contribution < 1.29 is 4.79 Å². The van der Waals surface area contributed by atoms with Gasteiger partial charge in [-0.05, 0) is 49.0 Å². The third kappa shape index (κ3) is 4.70. The lowest BCUT2D eigenvalue weighted by Crippen LogP contribution is -2.14. The fourth-order valence-corrected chi connectivity index (χ4v) is 4.43. The van der Waals surface area contributed by atoms with Crippen molar-refractivity contribution in [3.05, 3.63) is 63.1 Å². The molecule has 0 fully saturated rings. The Morgan fingerprint density at radius 1 is 1.32 bits per heavy atom. The molecule has 1 N–H and O–H groups in total. The number of benzene rings is 2. The zero-order chi connectivity index (χ0) is 17.8. The standard InChI is InChI=1S/C17H14ClN3OS3/c1-11-7-8-12(18)9-14(11)19-15(22)10-24-16-20-21(17(23)25-16)13-5-3-2-4-6-13/h2-9H,10H2,1H3,(H,19,22). The van der Waals surface area contributed by atoms with Crippen LogP contribution in [0.15, 0.2) is 52.9 Å². The molecule has 8 heteroatoms. The minimum atomic E-state index is -0.109. The summed E-state index contributed by atoms with van der Waals surface area (Å²) in [5.41, 5.74) is 2.60. The Balaban J connectivity index is 1.65. The molecule has 0 aliphatic rings. The van der Waals surface area contributed by atoms with Gasteiger partial charge in [0.1, 0.15) is 0 Å². The average molecular weight is 408 g/mol. The molecule has 0 bridgehead atoms. The van der Waals surface area contributed by atoms with E-state index in [4.69, 9.17) is 23.8 Å². The molecule has 1 aromatic heterocycles. The fourth-order valence-electron chi connectivity index (χ4n) is 2.09. The van der Waals surface area contributed by atoms with E-state index in [1.54, 1.807) is 16.8 Å². The fraction of sp³-hybridized carbons (Fsp3) is 0.118. The quantitative estimate of drug-likeness (QED) is 0.457. The molecule has 128 valence electrons. The Hall–Kier alpha value is -1.67. The highest BCUT2D eigenvalue weighted by atomic mass is 35.5. The summed E-state index contributed by atoms with van der Waals surface area (Å²) in [5.74, 6) is 0.144. The van der Waals surface area contributed by atoms with Gasteiger partial charge < -0.3 is 5.32 Å². The van der Waals surface area contributed by atoms with Crippen LogP contribution in [0.25, 0.3) is 5.69 Å². The molecule has 0 saturated carbocycles. The molecule has 0 radical (unpaired) electrons. The summed E-state index contributed by atoms with van der Waals surface area (Å²) in [6.45, 7) is 1.92. The monoisotopic (exact) mass is 407 g/mol. The summed E-state index contributed by atoms with van der Waals surface area (Å²) in [7, 11) is 0. The molecule has 4 nitrogen and oxygen atoms in total. The van der Waals surface area contributed by atoms with Gasteiger partial charge in [-0.3, -0.25) is 4.79 Å². The molecule has 0 aliphatic heterocycles. The van der Waals surface area contributed by atoms with Gasteiger partial charge in [-0.2, -0.15) is 0 Å². The van der Waals surface area contributed by atoms with E-state index in [2.05, 4.69) is 10.4 Å². The molecule has 1 amide bonds. The first kappa shape index (κ1) is 18.1. The molecule has 3 aromatic rings. The molecular formula is C17H14ClN3OS3. The molecule has 1 heterocycles. The summed E-state index contributed by atoms with van der Waals surface area (Å²) in [4.78, 5) is 12.2. The molecule has 2 aromatic carbocycles. The van der Waals surface area contributed by atoms with Gasteiger partial charge in [-0.25, -0.2) is 4.68 Å². The average Bonchev–Trinajstić information content (AvgIpc) is 2.98. The molecule has 0 saturated heterocycles. The number of rotatable bonds is 5. The van der Waals surface area contributed by atoms with Crippen molar-refractivity contribution in [3.63, 3.8) is 0 Å². The maximum absolute atomic E-state index is 12.2. The van der Waals surface area contributed by atoms with Gasteiger partial charge in [0, 0.05) is 10.7 Å². The Morgan fingerprint density at radius 2 is 2.08 bits per heavy atom. The number of aromatic nitrogens is 2. The van der Waals surface area contributed by atoms with Crippen LogP contribution in [-0.2, 0) is 4.79 Å². The number of hydrogen-bond acceptors (Lipinski definition) is 5. The van der Waals surface area contributed by atoms with Crippen LogP contribution in [0.5, 0.6) is 0 Å². The summed E-state index contributed by atoms with van der Waals surface area (Å²) in [5, 5.41) is 7.95. The van der Waals surface area contributed by atoms with Gasteiger partial charge in [0.2, 0.25) is 5.91 Å². The van der Waals surface area contributed by atoms with E-state index < -0.39 is 0 Å². The predicted molar refractivity (Wildman–Crippen MR) is 108 cm³/mol. The van der Waals surface area contributed by atoms with E-state index in [-0.39, 0.29) is 11.7 Å². The lowest BCUT2D eigenvalue weighted by atomic mass is 10.2. The summed E-state index contributed by atoms with van der Waals surface area (Å²) >= 11 is 14.1. The third-order valence-corrected chi connectivity index (χ3v) is 5.93. The topological polar surface area (TPSA) is 46.9 Å². The van der Waals surface area contributed by atoms with Crippen LogP contribution in [0.1, 0.15) is 5.56 Å².